The summed E-state index contributed by atoms with van der Waals surface area (Å²) in [5.74, 6) is -0.185. The summed E-state index contributed by atoms with van der Waals surface area (Å²) in [5, 5.41) is 9.78. The van der Waals surface area contributed by atoms with E-state index in [9.17, 15) is 0 Å². The highest BCUT2D eigenvalue weighted by Gasteiger charge is 2.07. The Balaban J connectivity index is 0.000000437. The van der Waals surface area contributed by atoms with Crippen molar-refractivity contribution in [2.45, 2.75) is 32.6 Å². The number of halogens is 2. The van der Waals surface area contributed by atoms with Gasteiger partial charge in [-0.25, -0.2) is 0 Å². The highest BCUT2D eigenvalue weighted by Crippen LogP contribution is 2.26. The molecule has 0 bridgehead atoms. The zero-order valence-corrected chi connectivity index (χ0v) is 11.7. The van der Waals surface area contributed by atoms with E-state index in [1.54, 1.807) is 25.1 Å². The molecule has 1 unspecified atom stereocenters. The second-order valence-corrected chi connectivity index (χ2v) is 4.50. The zero-order valence-electron chi connectivity index (χ0n) is 10.2. The molecule has 0 spiro atoms. The predicted molar refractivity (Wildman–Crippen MR) is 74.5 cm³/mol. The summed E-state index contributed by atoms with van der Waals surface area (Å²) in [5.41, 5.74) is 5.96. The van der Waals surface area contributed by atoms with Crippen molar-refractivity contribution in [1.82, 2.24) is 0 Å². The first-order valence-electron chi connectivity index (χ1n) is 5.61. The Labute approximate surface area is 113 Å². The Kier molecular flexibility index (Phi) is 8.89. The first-order chi connectivity index (χ1) is 8.06. The van der Waals surface area contributed by atoms with Crippen LogP contribution in [0.4, 0.5) is 0 Å². The van der Waals surface area contributed by atoms with Gasteiger partial charge in [-0.15, -0.1) is 0 Å². The molecule has 1 rings (SSSR count). The Morgan fingerprint density at radius 2 is 2.06 bits per heavy atom. The van der Waals surface area contributed by atoms with Gasteiger partial charge in [-0.2, -0.15) is 5.26 Å². The van der Waals surface area contributed by atoms with Gasteiger partial charge in [0, 0.05) is 10.0 Å². The molecule has 0 radical (unpaired) electrons. The van der Waals surface area contributed by atoms with Crippen LogP contribution in [0, 0.1) is 11.3 Å². The van der Waals surface area contributed by atoms with Crippen LogP contribution in [0.1, 0.15) is 38.2 Å². The summed E-state index contributed by atoms with van der Waals surface area (Å²) < 4.78 is 0. The van der Waals surface area contributed by atoms with Crippen LogP contribution in [-0.4, -0.2) is 6.54 Å². The number of rotatable bonds is 3. The number of nitrogens with zero attached hydrogens (tertiary/aromatic N) is 1. The van der Waals surface area contributed by atoms with E-state index in [1.807, 2.05) is 0 Å². The molecule has 94 valence electrons. The van der Waals surface area contributed by atoms with E-state index in [1.165, 1.54) is 12.8 Å². The van der Waals surface area contributed by atoms with Crippen molar-refractivity contribution < 1.29 is 0 Å². The molecule has 0 aliphatic carbocycles. The van der Waals surface area contributed by atoms with Crippen LogP contribution in [0.3, 0.4) is 0 Å². The molecule has 0 aliphatic rings. The van der Waals surface area contributed by atoms with Crippen LogP contribution in [0.5, 0.6) is 0 Å². The minimum atomic E-state index is -0.185. The molecule has 1 aromatic carbocycles. The maximum Gasteiger partial charge on any atom is 0.0701 e. The monoisotopic (exact) mass is 272 g/mol. The summed E-state index contributed by atoms with van der Waals surface area (Å²) in [4.78, 5) is 0. The molecule has 17 heavy (non-hydrogen) atoms. The Morgan fingerprint density at radius 1 is 1.41 bits per heavy atom. The quantitative estimate of drug-likeness (QED) is 0.889. The summed E-state index contributed by atoms with van der Waals surface area (Å²) in [6.07, 6.45) is 2.39. The molecule has 2 nitrogen and oxygen atoms in total. The fourth-order valence-corrected chi connectivity index (χ4v) is 1.70. The third kappa shape index (κ3) is 6.53. The van der Waals surface area contributed by atoms with Gasteiger partial charge in [0.2, 0.25) is 0 Å². The standard InChI is InChI=1S/C9H7Cl2N.C4H11N/c1-6(5-12)8-3-2-7(10)4-9(8)11;1-2-3-4-5/h2-4,6H,1H3;2-5H2,1H3. The number of hydrogen-bond donors (Lipinski definition) is 1. The van der Waals surface area contributed by atoms with Crippen LogP contribution in [0.15, 0.2) is 18.2 Å². The number of nitriles is 1. The highest BCUT2D eigenvalue weighted by atomic mass is 35.5. The molecule has 0 fully saturated rings. The Hall–Kier alpha value is -0.750. The molecule has 0 saturated carbocycles. The molecule has 2 N–H and O–H groups in total. The van der Waals surface area contributed by atoms with Crippen molar-refractivity contribution in [2.24, 2.45) is 5.73 Å². The lowest BCUT2D eigenvalue weighted by atomic mass is 10.0. The van der Waals surface area contributed by atoms with Gasteiger partial charge in [0.05, 0.1) is 12.0 Å². The van der Waals surface area contributed by atoms with Crippen molar-refractivity contribution in [3.8, 4) is 6.07 Å². The smallest absolute Gasteiger partial charge is 0.0701 e. The highest BCUT2D eigenvalue weighted by molar-refractivity contribution is 6.35. The van der Waals surface area contributed by atoms with Gasteiger partial charge in [-0.1, -0.05) is 42.6 Å². The lowest BCUT2D eigenvalue weighted by Crippen LogP contribution is -1.95. The minimum Gasteiger partial charge on any atom is -0.330 e. The predicted octanol–water partition coefficient (Wildman–Crippen LogP) is 4.37. The van der Waals surface area contributed by atoms with Crippen molar-refractivity contribution in [3.05, 3.63) is 33.8 Å². The minimum absolute atomic E-state index is 0.185. The van der Waals surface area contributed by atoms with Gasteiger partial charge in [0.1, 0.15) is 0 Å². The van der Waals surface area contributed by atoms with Gasteiger partial charge >= 0.3 is 0 Å². The molecule has 0 heterocycles. The largest absolute Gasteiger partial charge is 0.330 e. The van der Waals surface area contributed by atoms with Crippen LogP contribution < -0.4 is 5.73 Å². The molecule has 0 aliphatic heterocycles. The van der Waals surface area contributed by atoms with E-state index in [4.69, 9.17) is 34.2 Å². The summed E-state index contributed by atoms with van der Waals surface area (Å²) in [7, 11) is 0. The fourth-order valence-electron chi connectivity index (χ4n) is 1.13. The zero-order chi connectivity index (χ0) is 13.3. The van der Waals surface area contributed by atoms with Crippen LogP contribution in [-0.2, 0) is 0 Å². The number of hydrogen-bond acceptors (Lipinski definition) is 2. The molecule has 0 aromatic heterocycles. The second kappa shape index (κ2) is 9.30. The third-order valence-electron chi connectivity index (χ3n) is 2.18. The van der Waals surface area contributed by atoms with Crippen molar-refractivity contribution in [2.75, 3.05) is 6.54 Å². The molecular formula is C13H18Cl2N2. The Bertz CT molecular complexity index is 370. The second-order valence-electron chi connectivity index (χ2n) is 3.66. The van der Waals surface area contributed by atoms with E-state index in [2.05, 4.69) is 13.0 Å². The van der Waals surface area contributed by atoms with Gasteiger partial charge in [0.15, 0.2) is 0 Å². The van der Waals surface area contributed by atoms with Crippen LogP contribution in [0.25, 0.3) is 0 Å². The van der Waals surface area contributed by atoms with Gasteiger partial charge in [0.25, 0.3) is 0 Å². The van der Waals surface area contributed by atoms with Gasteiger partial charge in [-0.3, -0.25) is 0 Å². The van der Waals surface area contributed by atoms with E-state index >= 15 is 0 Å². The average molecular weight is 273 g/mol. The van der Waals surface area contributed by atoms with E-state index in [-0.39, 0.29) is 5.92 Å². The lowest BCUT2D eigenvalue weighted by Gasteiger charge is -2.04. The average Bonchev–Trinajstić information content (AvgIpc) is 2.30. The number of unbranched alkanes of at least 4 members (excludes halogenated alkanes) is 1. The van der Waals surface area contributed by atoms with E-state index < -0.39 is 0 Å². The van der Waals surface area contributed by atoms with Gasteiger partial charge in [-0.05, 0) is 37.6 Å². The number of nitrogens with two attached hydrogens (primary N) is 1. The fraction of sp³-hybridized carbons (Fsp3) is 0.462. The normalized spacial score (nSPS) is 11.1. The van der Waals surface area contributed by atoms with Gasteiger partial charge < -0.3 is 5.73 Å². The molecule has 1 aromatic rings. The first-order valence-corrected chi connectivity index (χ1v) is 6.37. The summed E-state index contributed by atoms with van der Waals surface area (Å²) >= 11 is 11.6. The SMILES string of the molecule is CC(C#N)c1ccc(Cl)cc1Cl.CCCCN. The molecule has 0 saturated heterocycles. The number of benzene rings is 1. The topological polar surface area (TPSA) is 49.8 Å². The van der Waals surface area contributed by atoms with Crippen molar-refractivity contribution >= 4 is 23.2 Å². The lowest BCUT2D eigenvalue weighted by molar-refractivity contribution is 0.807. The van der Waals surface area contributed by atoms with Crippen molar-refractivity contribution in [3.63, 3.8) is 0 Å². The first kappa shape index (κ1) is 16.2. The summed E-state index contributed by atoms with van der Waals surface area (Å²) in [6.45, 7) is 4.78. The summed E-state index contributed by atoms with van der Waals surface area (Å²) in [6, 6.07) is 7.27. The van der Waals surface area contributed by atoms with Crippen molar-refractivity contribution in [1.29, 1.82) is 5.26 Å². The molecule has 4 heteroatoms. The molecule has 1 atom stereocenters. The maximum atomic E-state index is 8.64. The Morgan fingerprint density at radius 3 is 2.41 bits per heavy atom. The third-order valence-corrected chi connectivity index (χ3v) is 2.74. The van der Waals surface area contributed by atoms with Crippen LogP contribution in [0.2, 0.25) is 10.0 Å². The van der Waals surface area contributed by atoms with Crippen LogP contribution >= 0.6 is 23.2 Å². The molecule has 0 amide bonds. The maximum absolute atomic E-state index is 8.64. The molecular weight excluding hydrogens is 255 g/mol. The van der Waals surface area contributed by atoms with E-state index in [0.717, 1.165) is 12.1 Å². The van der Waals surface area contributed by atoms with E-state index in [0.29, 0.717) is 10.0 Å².